The molecule has 0 heterocycles. The van der Waals surface area contributed by atoms with Crippen molar-refractivity contribution in [2.45, 2.75) is 23.7 Å². The summed E-state index contributed by atoms with van der Waals surface area (Å²) < 4.78 is 0. The number of hydrogen-bond acceptors (Lipinski definition) is 2. The van der Waals surface area contributed by atoms with Gasteiger partial charge in [-0.3, -0.25) is 9.59 Å². The van der Waals surface area contributed by atoms with Crippen molar-refractivity contribution in [3.8, 4) is 33.4 Å². The van der Waals surface area contributed by atoms with Crippen LogP contribution in [0.4, 0.5) is 0 Å². The van der Waals surface area contributed by atoms with Crippen molar-refractivity contribution in [3.05, 3.63) is 273 Å². The normalized spacial score (nSPS) is 21.0. The van der Waals surface area contributed by atoms with Crippen LogP contribution in [0.1, 0.15) is 87.8 Å². The molecule has 2 nitrogen and oxygen atoms in total. The minimum atomic E-state index is -0.530. The number of allylic oxidation sites excluding steroid dienone is 4. The van der Waals surface area contributed by atoms with Gasteiger partial charge in [-0.05, 0) is 96.9 Å². The van der Waals surface area contributed by atoms with Crippen LogP contribution < -0.4 is 0 Å². The third kappa shape index (κ3) is 4.31. The fraction of sp³-hybridized carbons (Fsp3) is 0.0847. The maximum atomic E-state index is 14.5. The molecule has 2 spiro atoms. The van der Waals surface area contributed by atoms with E-state index in [9.17, 15) is 9.59 Å². The van der Waals surface area contributed by atoms with E-state index in [0.29, 0.717) is 22.3 Å². The van der Waals surface area contributed by atoms with Gasteiger partial charge in [0.05, 0.1) is 10.8 Å². The van der Waals surface area contributed by atoms with Gasteiger partial charge in [0.1, 0.15) is 0 Å². The number of rotatable bonds is 4. The third-order valence-electron chi connectivity index (χ3n) is 14.6. The van der Waals surface area contributed by atoms with Gasteiger partial charge in [0.15, 0.2) is 11.6 Å². The van der Waals surface area contributed by atoms with E-state index in [4.69, 9.17) is 0 Å². The smallest absolute Gasteiger partial charge is 0.193 e. The summed E-state index contributed by atoms with van der Waals surface area (Å²) in [7, 11) is 0. The van der Waals surface area contributed by atoms with E-state index in [1.165, 1.54) is 72.3 Å². The van der Waals surface area contributed by atoms with Crippen molar-refractivity contribution in [2.24, 2.45) is 5.92 Å². The fourth-order valence-electron chi connectivity index (χ4n) is 12.2. The van der Waals surface area contributed by atoms with Crippen LogP contribution in [0.3, 0.4) is 0 Å². The molecule has 2 heteroatoms. The second-order valence-electron chi connectivity index (χ2n) is 17.4. The standard InChI is InChI=1S/C59H38O2/c1-35-22-29-45-42-14-5-10-20-51(42)59(53(45)32-35)52-21-11-6-16-44(52)47-31-28-39(34-55(47)59)57(61)37-25-23-36(24-26-37)56(60)38-27-30-46-43-15-4-9-19-50(43)58(54(46)33-38)48-17-7-2-12-40(48)41-13-3-8-18-49(41)58/h2-34,40,48H,1H3. The molecule has 0 aliphatic heterocycles. The Balaban J connectivity index is 0.877. The maximum absolute atomic E-state index is 14.5. The summed E-state index contributed by atoms with van der Waals surface area (Å²) in [4.78, 5) is 29.0. The van der Waals surface area contributed by atoms with Crippen molar-refractivity contribution >= 4 is 11.6 Å². The minimum Gasteiger partial charge on any atom is -0.289 e. The number of ketones is 2. The Hall–Kier alpha value is -7.42. The first-order valence-corrected chi connectivity index (χ1v) is 21.3. The number of carbonyl (C=O) groups excluding carboxylic acids is 2. The average Bonchev–Trinajstić information content (AvgIpc) is 3.99. The van der Waals surface area contributed by atoms with E-state index in [-0.39, 0.29) is 23.4 Å². The lowest BCUT2D eigenvalue weighted by Crippen LogP contribution is -2.33. The van der Waals surface area contributed by atoms with E-state index >= 15 is 0 Å². The molecular weight excluding hydrogens is 741 g/mol. The van der Waals surface area contributed by atoms with E-state index in [0.717, 1.165) is 11.1 Å². The Bertz CT molecular complexity index is 3310. The van der Waals surface area contributed by atoms with Gasteiger partial charge in [-0.2, -0.15) is 0 Å². The van der Waals surface area contributed by atoms with Gasteiger partial charge in [0, 0.05) is 34.1 Å². The molecule has 0 amide bonds. The van der Waals surface area contributed by atoms with Crippen LogP contribution in [0.15, 0.2) is 200 Å². The van der Waals surface area contributed by atoms with Crippen LogP contribution in [-0.2, 0) is 10.8 Å². The van der Waals surface area contributed by atoms with Crippen molar-refractivity contribution in [3.63, 3.8) is 0 Å². The molecule has 0 fully saturated rings. The van der Waals surface area contributed by atoms with E-state index in [2.05, 4.69) is 171 Å². The quantitative estimate of drug-likeness (QED) is 0.167. The molecule has 286 valence electrons. The summed E-state index contributed by atoms with van der Waals surface area (Å²) in [6.45, 7) is 2.16. The number of aryl methyl sites for hydroxylation is 1. The monoisotopic (exact) mass is 778 g/mol. The molecule has 13 rings (SSSR count). The molecule has 8 aromatic rings. The first kappa shape index (κ1) is 34.4. The van der Waals surface area contributed by atoms with E-state index in [1.54, 1.807) is 0 Å². The Labute approximate surface area is 355 Å². The summed E-state index contributed by atoms with van der Waals surface area (Å²) in [5, 5.41) is 0. The van der Waals surface area contributed by atoms with Crippen LogP contribution >= 0.6 is 0 Å². The molecule has 0 N–H and O–H groups in total. The Morgan fingerprint density at radius 1 is 0.393 bits per heavy atom. The van der Waals surface area contributed by atoms with Gasteiger partial charge < -0.3 is 0 Å². The molecule has 8 aromatic carbocycles. The summed E-state index contributed by atoms with van der Waals surface area (Å²) in [6, 6.07) is 61.6. The van der Waals surface area contributed by atoms with Crippen molar-refractivity contribution in [1.29, 1.82) is 0 Å². The van der Waals surface area contributed by atoms with E-state index < -0.39 is 10.8 Å². The lowest BCUT2D eigenvalue weighted by molar-refractivity contribution is 0.102. The summed E-state index contributed by atoms with van der Waals surface area (Å²) in [5.74, 6) is 0.328. The topological polar surface area (TPSA) is 34.1 Å². The molecule has 4 atom stereocenters. The summed E-state index contributed by atoms with van der Waals surface area (Å²) in [5.41, 5.74) is 20.0. The molecule has 0 radical (unpaired) electrons. The molecule has 4 unspecified atom stereocenters. The Morgan fingerprint density at radius 2 is 0.836 bits per heavy atom. The largest absolute Gasteiger partial charge is 0.289 e. The van der Waals surface area contributed by atoms with Crippen LogP contribution in [0.25, 0.3) is 33.4 Å². The highest BCUT2D eigenvalue weighted by atomic mass is 16.1. The highest BCUT2D eigenvalue weighted by molar-refractivity contribution is 6.13. The average molecular weight is 779 g/mol. The van der Waals surface area contributed by atoms with Gasteiger partial charge in [0.2, 0.25) is 0 Å². The van der Waals surface area contributed by atoms with Crippen molar-refractivity contribution < 1.29 is 9.59 Å². The lowest BCUT2D eigenvalue weighted by atomic mass is 9.65. The summed E-state index contributed by atoms with van der Waals surface area (Å²) in [6.07, 6.45) is 9.05. The predicted octanol–water partition coefficient (Wildman–Crippen LogP) is 13.0. The number of hydrogen-bond donors (Lipinski definition) is 0. The Kier molecular flexibility index (Phi) is 6.95. The van der Waals surface area contributed by atoms with Gasteiger partial charge in [0.25, 0.3) is 0 Å². The zero-order valence-electron chi connectivity index (χ0n) is 33.5. The van der Waals surface area contributed by atoms with Crippen molar-refractivity contribution in [1.82, 2.24) is 0 Å². The van der Waals surface area contributed by atoms with Gasteiger partial charge in [-0.1, -0.05) is 194 Å². The van der Waals surface area contributed by atoms with Gasteiger partial charge in [-0.15, -0.1) is 0 Å². The first-order chi connectivity index (χ1) is 30.0. The fourth-order valence-corrected chi connectivity index (χ4v) is 12.2. The maximum Gasteiger partial charge on any atom is 0.193 e. The molecule has 0 saturated heterocycles. The Morgan fingerprint density at radius 3 is 1.48 bits per heavy atom. The molecule has 5 aliphatic carbocycles. The zero-order valence-corrected chi connectivity index (χ0v) is 33.5. The molecule has 0 aromatic heterocycles. The van der Waals surface area contributed by atoms with Gasteiger partial charge in [-0.25, -0.2) is 0 Å². The second-order valence-corrected chi connectivity index (χ2v) is 17.4. The molecule has 5 aliphatic rings. The number of carbonyl (C=O) groups is 2. The second kappa shape index (κ2) is 12.3. The first-order valence-electron chi connectivity index (χ1n) is 21.3. The molecular formula is C59H38O2. The molecule has 61 heavy (non-hydrogen) atoms. The van der Waals surface area contributed by atoms with Crippen molar-refractivity contribution in [2.75, 3.05) is 0 Å². The predicted molar refractivity (Wildman–Crippen MR) is 243 cm³/mol. The van der Waals surface area contributed by atoms with Crippen LogP contribution in [0, 0.1) is 12.8 Å². The zero-order chi connectivity index (χ0) is 40.6. The SMILES string of the molecule is Cc1ccc2c(c1)C1(c3ccccc3-2)c2ccccc2-c2ccc(C(=O)c3ccc(C(=O)c4ccc5c(c4)C4(c6ccccc6-5)c5ccccc5C5C=CC=CC54)cc3)cc21. The molecule has 0 bridgehead atoms. The lowest BCUT2D eigenvalue weighted by Gasteiger charge is -2.36. The third-order valence-corrected chi connectivity index (χ3v) is 14.6. The minimum absolute atomic E-state index is 0.0547. The van der Waals surface area contributed by atoms with Crippen LogP contribution in [0.5, 0.6) is 0 Å². The molecule has 0 saturated carbocycles. The number of fused-ring (bicyclic) bond motifs is 20. The highest BCUT2D eigenvalue weighted by Gasteiger charge is 2.57. The number of benzene rings is 8. The summed E-state index contributed by atoms with van der Waals surface area (Å²) >= 11 is 0. The van der Waals surface area contributed by atoms with Gasteiger partial charge >= 0.3 is 0 Å². The van der Waals surface area contributed by atoms with Crippen LogP contribution in [-0.4, -0.2) is 11.6 Å². The van der Waals surface area contributed by atoms with Crippen LogP contribution in [0.2, 0.25) is 0 Å². The van der Waals surface area contributed by atoms with E-state index in [1.807, 2.05) is 36.4 Å². The highest BCUT2D eigenvalue weighted by Crippen LogP contribution is 2.66.